The first-order valence-corrected chi connectivity index (χ1v) is 5.13. The molecule has 0 radical (unpaired) electrons. The van der Waals surface area contributed by atoms with Gasteiger partial charge in [0.15, 0.2) is 6.29 Å². The Bertz CT molecular complexity index is 164. The van der Waals surface area contributed by atoms with Gasteiger partial charge in [-0.15, -0.1) is 0 Å². The Kier molecular flexibility index (Phi) is 5.56. The van der Waals surface area contributed by atoms with Crippen molar-refractivity contribution in [2.75, 3.05) is 20.3 Å². The Morgan fingerprint density at radius 2 is 2.00 bits per heavy atom. The number of hydrogen-bond donors (Lipinski definition) is 0. The summed E-state index contributed by atoms with van der Waals surface area (Å²) in [7, 11) is 1.42. The van der Waals surface area contributed by atoms with Gasteiger partial charge < -0.3 is 14.2 Å². The second-order valence-corrected chi connectivity index (χ2v) is 3.35. The molecule has 0 aliphatic carbocycles. The van der Waals surface area contributed by atoms with Crippen molar-refractivity contribution in [3.8, 4) is 0 Å². The van der Waals surface area contributed by atoms with Crippen molar-refractivity contribution in [1.29, 1.82) is 0 Å². The molecule has 14 heavy (non-hydrogen) atoms. The molecule has 0 N–H and O–H groups in total. The molecule has 0 atom stereocenters. The summed E-state index contributed by atoms with van der Waals surface area (Å²) < 4.78 is 15.1. The van der Waals surface area contributed by atoms with Gasteiger partial charge in [-0.2, -0.15) is 0 Å². The monoisotopic (exact) mass is 202 g/mol. The van der Waals surface area contributed by atoms with Gasteiger partial charge in [-0.05, 0) is 19.3 Å². The second kappa shape index (κ2) is 6.79. The summed E-state index contributed by atoms with van der Waals surface area (Å²) in [6.45, 7) is 1.43. The van der Waals surface area contributed by atoms with Gasteiger partial charge >= 0.3 is 5.97 Å². The van der Waals surface area contributed by atoms with Crippen LogP contribution in [0.2, 0.25) is 0 Å². The van der Waals surface area contributed by atoms with Crippen LogP contribution in [0.5, 0.6) is 0 Å². The lowest BCUT2D eigenvalue weighted by atomic mass is 10.1. The van der Waals surface area contributed by atoms with Crippen LogP contribution in [0.4, 0.5) is 0 Å². The predicted molar refractivity (Wildman–Crippen MR) is 50.8 cm³/mol. The molecular weight excluding hydrogens is 184 g/mol. The zero-order valence-electron chi connectivity index (χ0n) is 8.66. The van der Waals surface area contributed by atoms with Crippen LogP contribution in [0.15, 0.2) is 0 Å². The van der Waals surface area contributed by atoms with Crippen LogP contribution >= 0.6 is 0 Å². The van der Waals surface area contributed by atoms with Gasteiger partial charge in [0.1, 0.15) is 0 Å². The number of carbonyl (C=O) groups is 1. The third-order valence-corrected chi connectivity index (χ3v) is 2.24. The molecule has 0 aromatic carbocycles. The molecule has 0 amide bonds. The zero-order chi connectivity index (χ0) is 10.2. The summed E-state index contributed by atoms with van der Waals surface area (Å²) in [6, 6.07) is 0. The van der Waals surface area contributed by atoms with E-state index in [-0.39, 0.29) is 12.3 Å². The fourth-order valence-electron chi connectivity index (χ4n) is 1.43. The van der Waals surface area contributed by atoms with E-state index in [0.29, 0.717) is 19.6 Å². The molecule has 4 nitrogen and oxygen atoms in total. The molecule has 1 saturated heterocycles. The molecule has 0 spiro atoms. The minimum Gasteiger partial charge on any atom is -0.469 e. The Labute approximate surface area is 84.5 Å². The standard InChI is InChI=1S/C10H18O4/c1-12-9(11)5-3-2-4-6-10-13-7-8-14-10/h10H,2-8H2,1H3. The second-order valence-electron chi connectivity index (χ2n) is 3.35. The van der Waals surface area contributed by atoms with Crippen molar-refractivity contribution >= 4 is 5.97 Å². The highest BCUT2D eigenvalue weighted by molar-refractivity contribution is 5.68. The van der Waals surface area contributed by atoms with Crippen molar-refractivity contribution < 1.29 is 19.0 Å². The lowest BCUT2D eigenvalue weighted by molar-refractivity contribution is -0.140. The van der Waals surface area contributed by atoms with E-state index in [4.69, 9.17) is 9.47 Å². The number of unbranched alkanes of at least 4 members (excludes halogenated alkanes) is 2. The van der Waals surface area contributed by atoms with E-state index in [0.717, 1.165) is 25.7 Å². The molecule has 1 aliphatic rings. The van der Waals surface area contributed by atoms with Gasteiger partial charge in [0.25, 0.3) is 0 Å². The van der Waals surface area contributed by atoms with Crippen LogP contribution < -0.4 is 0 Å². The van der Waals surface area contributed by atoms with Crippen LogP contribution in [0.3, 0.4) is 0 Å². The summed E-state index contributed by atoms with van der Waals surface area (Å²) in [5, 5.41) is 0. The van der Waals surface area contributed by atoms with Crippen molar-refractivity contribution in [2.24, 2.45) is 0 Å². The van der Waals surface area contributed by atoms with Crippen molar-refractivity contribution in [2.45, 2.75) is 38.4 Å². The number of esters is 1. The highest BCUT2D eigenvalue weighted by Gasteiger charge is 2.14. The highest BCUT2D eigenvalue weighted by Crippen LogP contribution is 2.13. The first kappa shape index (κ1) is 11.5. The van der Waals surface area contributed by atoms with Crippen LogP contribution in [0, 0.1) is 0 Å². The third kappa shape index (κ3) is 4.58. The van der Waals surface area contributed by atoms with E-state index < -0.39 is 0 Å². The fourth-order valence-corrected chi connectivity index (χ4v) is 1.43. The van der Waals surface area contributed by atoms with Crippen LogP contribution in [-0.2, 0) is 19.0 Å². The molecule has 1 fully saturated rings. The van der Waals surface area contributed by atoms with Crippen molar-refractivity contribution in [3.63, 3.8) is 0 Å². The van der Waals surface area contributed by atoms with E-state index in [1.165, 1.54) is 7.11 Å². The lowest BCUT2D eigenvalue weighted by Gasteiger charge is -2.07. The Balaban J connectivity index is 1.86. The molecule has 1 aliphatic heterocycles. The van der Waals surface area contributed by atoms with Gasteiger partial charge in [-0.1, -0.05) is 6.42 Å². The summed E-state index contributed by atoms with van der Waals surface area (Å²) in [5.41, 5.74) is 0. The zero-order valence-corrected chi connectivity index (χ0v) is 8.66. The molecule has 1 heterocycles. The van der Waals surface area contributed by atoms with Gasteiger partial charge in [0, 0.05) is 6.42 Å². The fraction of sp³-hybridized carbons (Fsp3) is 0.900. The SMILES string of the molecule is COC(=O)CCCCCC1OCCO1. The largest absolute Gasteiger partial charge is 0.469 e. The average molecular weight is 202 g/mol. The highest BCUT2D eigenvalue weighted by atomic mass is 16.7. The molecule has 0 saturated carbocycles. The lowest BCUT2D eigenvalue weighted by Crippen LogP contribution is -2.07. The molecule has 0 aromatic rings. The molecule has 82 valence electrons. The van der Waals surface area contributed by atoms with Gasteiger partial charge in [0.2, 0.25) is 0 Å². The number of methoxy groups -OCH3 is 1. The van der Waals surface area contributed by atoms with E-state index >= 15 is 0 Å². The van der Waals surface area contributed by atoms with E-state index in [1.807, 2.05) is 0 Å². The third-order valence-electron chi connectivity index (χ3n) is 2.24. The minimum absolute atomic E-state index is 0.00636. The summed E-state index contributed by atoms with van der Waals surface area (Å²) >= 11 is 0. The average Bonchev–Trinajstić information content (AvgIpc) is 2.69. The van der Waals surface area contributed by atoms with Crippen LogP contribution in [-0.4, -0.2) is 32.6 Å². The van der Waals surface area contributed by atoms with Crippen LogP contribution in [0.25, 0.3) is 0 Å². The minimum atomic E-state index is -0.127. The van der Waals surface area contributed by atoms with Gasteiger partial charge in [-0.25, -0.2) is 0 Å². The van der Waals surface area contributed by atoms with E-state index in [9.17, 15) is 4.79 Å². The first-order valence-electron chi connectivity index (χ1n) is 5.13. The van der Waals surface area contributed by atoms with Gasteiger partial charge in [-0.3, -0.25) is 4.79 Å². The summed E-state index contributed by atoms with van der Waals surface area (Å²) in [6.07, 6.45) is 4.40. The molecule has 0 bridgehead atoms. The van der Waals surface area contributed by atoms with E-state index in [1.54, 1.807) is 0 Å². The number of hydrogen-bond acceptors (Lipinski definition) is 4. The van der Waals surface area contributed by atoms with Gasteiger partial charge in [0.05, 0.1) is 20.3 Å². The maximum atomic E-state index is 10.8. The van der Waals surface area contributed by atoms with Crippen molar-refractivity contribution in [3.05, 3.63) is 0 Å². The Morgan fingerprint density at radius 1 is 1.29 bits per heavy atom. The predicted octanol–water partition coefficient (Wildman–Crippen LogP) is 1.48. The quantitative estimate of drug-likeness (QED) is 0.483. The molecule has 4 heteroatoms. The Hall–Kier alpha value is -0.610. The topological polar surface area (TPSA) is 44.8 Å². The number of ether oxygens (including phenoxy) is 3. The smallest absolute Gasteiger partial charge is 0.305 e. The maximum absolute atomic E-state index is 10.8. The summed E-state index contributed by atoms with van der Waals surface area (Å²) in [5.74, 6) is -0.127. The molecule has 0 unspecified atom stereocenters. The van der Waals surface area contributed by atoms with Crippen molar-refractivity contribution in [1.82, 2.24) is 0 Å². The number of rotatable bonds is 6. The Morgan fingerprint density at radius 3 is 2.64 bits per heavy atom. The maximum Gasteiger partial charge on any atom is 0.305 e. The number of carbonyl (C=O) groups excluding carboxylic acids is 1. The molecule has 1 rings (SSSR count). The summed E-state index contributed by atoms with van der Waals surface area (Å²) in [4.78, 5) is 10.8. The van der Waals surface area contributed by atoms with Crippen LogP contribution in [0.1, 0.15) is 32.1 Å². The molecule has 0 aromatic heterocycles. The molecular formula is C10H18O4. The first-order chi connectivity index (χ1) is 6.83. The normalized spacial score (nSPS) is 17.2. The van der Waals surface area contributed by atoms with E-state index in [2.05, 4.69) is 4.74 Å².